The third kappa shape index (κ3) is 2.51. The highest BCUT2D eigenvalue weighted by Gasteiger charge is 2.20. The van der Waals surface area contributed by atoms with E-state index in [0.717, 1.165) is 19.5 Å². The van der Waals surface area contributed by atoms with Crippen molar-refractivity contribution in [1.82, 2.24) is 25.1 Å². The van der Waals surface area contributed by atoms with E-state index in [2.05, 4.69) is 22.4 Å². The molecule has 6 heteroatoms. The van der Waals surface area contributed by atoms with E-state index in [1.807, 2.05) is 4.90 Å². The third-order valence-corrected chi connectivity index (χ3v) is 2.70. The van der Waals surface area contributed by atoms with E-state index in [-0.39, 0.29) is 12.5 Å². The van der Waals surface area contributed by atoms with Crippen molar-refractivity contribution in [3.05, 3.63) is 6.33 Å². The van der Waals surface area contributed by atoms with Gasteiger partial charge in [-0.25, -0.2) is 4.68 Å². The summed E-state index contributed by atoms with van der Waals surface area (Å²) in [6.07, 6.45) is 3.78. The van der Waals surface area contributed by atoms with Crippen LogP contribution in [0.4, 0.5) is 0 Å². The monoisotopic (exact) mass is 209 g/mol. The van der Waals surface area contributed by atoms with Gasteiger partial charge < -0.3 is 4.90 Å². The topological polar surface area (TPSA) is 63.9 Å². The summed E-state index contributed by atoms with van der Waals surface area (Å²) >= 11 is 0. The summed E-state index contributed by atoms with van der Waals surface area (Å²) in [5, 5.41) is 10.7. The number of rotatable bonds is 2. The van der Waals surface area contributed by atoms with E-state index in [4.69, 9.17) is 0 Å². The van der Waals surface area contributed by atoms with Crippen LogP contribution in [0.1, 0.15) is 19.8 Å². The summed E-state index contributed by atoms with van der Waals surface area (Å²) < 4.78 is 1.46. The van der Waals surface area contributed by atoms with E-state index >= 15 is 0 Å². The minimum atomic E-state index is 0.105. The van der Waals surface area contributed by atoms with Crippen molar-refractivity contribution in [2.45, 2.75) is 26.3 Å². The van der Waals surface area contributed by atoms with Crippen LogP contribution in [0.3, 0.4) is 0 Å². The molecule has 1 saturated heterocycles. The van der Waals surface area contributed by atoms with Crippen molar-refractivity contribution in [3.8, 4) is 0 Å². The first-order valence-electron chi connectivity index (χ1n) is 5.24. The predicted molar refractivity (Wildman–Crippen MR) is 52.8 cm³/mol. The fourth-order valence-corrected chi connectivity index (χ4v) is 1.91. The predicted octanol–water partition coefficient (Wildman–Crippen LogP) is -0.0684. The first kappa shape index (κ1) is 10.1. The van der Waals surface area contributed by atoms with Crippen LogP contribution in [0.5, 0.6) is 0 Å². The molecule has 0 aromatic carbocycles. The molecule has 0 bridgehead atoms. The molecule has 6 nitrogen and oxygen atoms in total. The van der Waals surface area contributed by atoms with Crippen molar-refractivity contribution in [2.24, 2.45) is 5.92 Å². The van der Waals surface area contributed by atoms with E-state index in [1.165, 1.54) is 17.4 Å². The normalized spacial score (nSPS) is 21.7. The maximum Gasteiger partial charge on any atom is 0.244 e. The summed E-state index contributed by atoms with van der Waals surface area (Å²) in [4.78, 5) is 13.7. The molecule has 2 heterocycles. The van der Waals surface area contributed by atoms with Crippen LogP contribution in [-0.2, 0) is 11.3 Å². The van der Waals surface area contributed by atoms with Crippen LogP contribution in [-0.4, -0.2) is 44.1 Å². The van der Waals surface area contributed by atoms with Crippen molar-refractivity contribution in [1.29, 1.82) is 0 Å². The second-order valence-electron chi connectivity index (χ2n) is 4.09. The van der Waals surface area contributed by atoms with Crippen LogP contribution in [0.15, 0.2) is 6.33 Å². The molecule has 1 aromatic rings. The second-order valence-corrected chi connectivity index (χ2v) is 4.09. The summed E-state index contributed by atoms with van der Waals surface area (Å²) in [6.45, 7) is 4.16. The van der Waals surface area contributed by atoms with Crippen molar-refractivity contribution < 1.29 is 4.79 Å². The van der Waals surface area contributed by atoms with Gasteiger partial charge in [-0.05, 0) is 29.2 Å². The van der Waals surface area contributed by atoms with Crippen molar-refractivity contribution in [2.75, 3.05) is 13.1 Å². The molecule has 1 aliphatic heterocycles. The van der Waals surface area contributed by atoms with E-state index < -0.39 is 0 Å². The number of carbonyl (C=O) groups is 1. The highest BCUT2D eigenvalue weighted by Crippen LogP contribution is 2.15. The van der Waals surface area contributed by atoms with Gasteiger partial charge in [-0.15, -0.1) is 5.10 Å². The fourth-order valence-electron chi connectivity index (χ4n) is 1.91. The molecule has 0 unspecified atom stereocenters. The van der Waals surface area contributed by atoms with E-state index in [9.17, 15) is 4.79 Å². The minimum Gasteiger partial charge on any atom is -0.341 e. The first-order chi connectivity index (χ1) is 7.25. The Morgan fingerprint density at radius 3 is 3.13 bits per heavy atom. The zero-order valence-corrected chi connectivity index (χ0v) is 8.83. The Balaban J connectivity index is 1.90. The maximum atomic E-state index is 11.8. The smallest absolute Gasteiger partial charge is 0.244 e. The molecule has 1 fully saturated rings. The Bertz CT molecular complexity index is 323. The van der Waals surface area contributed by atoms with Gasteiger partial charge in [0, 0.05) is 13.1 Å². The van der Waals surface area contributed by atoms with Gasteiger partial charge in [0.1, 0.15) is 12.9 Å². The first-order valence-corrected chi connectivity index (χ1v) is 5.24. The number of amides is 1. The van der Waals surface area contributed by atoms with Gasteiger partial charge in [-0.3, -0.25) is 4.79 Å². The molecule has 0 N–H and O–H groups in total. The molecular weight excluding hydrogens is 194 g/mol. The maximum absolute atomic E-state index is 11.8. The molecule has 15 heavy (non-hydrogen) atoms. The largest absolute Gasteiger partial charge is 0.341 e. The van der Waals surface area contributed by atoms with Crippen molar-refractivity contribution >= 4 is 5.91 Å². The van der Waals surface area contributed by atoms with Gasteiger partial charge in [0.05, 0.1) is 0 Å². The van der Waals surface area contributed by atoms with Crippen molar-refractivity contribution in [3.63, 3.8) is 0 Å². The summed E-state index contributed by atoms with van der Waals surface area (Å²) in [6, 6.07) is 0. The number of carbonyl (C=O) groups excluding carboxylic acids is 1. The van der Waals surface area contributed by atoms with Gasteiger partial charge in [0.2, 0.25) is 5.91 Å². The Kier molecular flexibility index (Phi) is 2.94. The fraction of sp³-hybridized carbons (Fsp3) is 0.778. The number of tetrazole rings is 1. The average Bonchev–Trinajstić information content (AvgIpc) is 2.70. The third-order valence-electron chi connectivity index (χ3n) is 2.70. The number of nitrogens with zero attached hydrogens (tertiary/aromatic N) is 5. The highest BCUT2D eigenvalue weighted by molar-refractivity contribution is 5.75. The molecule has 1 amide bonds. The van der Waals surface area contributed by atoms with Crippen LogP contribution in [0, 0.1) is 5.92 Å². The van der Waals surface area contributed by atoms with Gasteiger partial charge >= 0.3 is 0 Å². The molecule has 2 rings (SSSR count). The van der Waals surface area contributed by atoms with Crippen LogP contribution >= 0.6 is 0 Å². The molecule has 1 aliphatic rings. The standard InChI is InChI=1S/C9H15N5O/c1-8-3-2-4-13(5-8)9(15)6-14-7-10-11-12-14/h7-8H,2-6H2,1H3/t8-/m1/s1. The zero-order valence-electron chi connectivity index (χ0n) is 8.83. The second kappa shape index (κ2) is 4.37. The summed E-state index contributed by atoms with van der Waals surface area (Å²) in [5.41, 5.74) is 0. The zero-order chi connectivity index (χ0) is 10.7. The van der Waals surface area contributed by atoms with Crippen LogP contribution in [0.25, 0.3) is 0 Å². The van der Waals surface area contributed by atoms with Crippen LogP contribution in [0.2, 0.25) is 0 Å². The number of hydrogen-bond donors (Lipinski definition) is 0. The summed E-state index contributed by atoms with van der Waals surface area (Å²) in [5.74, 6) is 0.713. The Morgan fingerprint density at radius 2 is 2.47 bits per heavy atom. The SMILES string of the molecule is C[C@@H]1CCCN(C(=O)Cn2cnnn2)C1. The van der Waals surface area contributed by atoms with E-state index in [0.29, 0.717) is 5.92 Å². The van der Waals surface area contributed by atoms with Crippen LogP contribution < -0.4 is 0 Å². The Hall–Kier alpha value is -1.46. The Labute approximate surface area is 88.2 Å². The molecule has 82 valence electrons. The van der Waals surface area contributed by atoms with Gasteiger partial charge in [0.15, 0.2) is 0 Å². The lowest BCUT2D eigenvalue weighted by molar-refractivity contribution is -0.133. The highest BCUT2D eigenvalue weighted by atomic mass is 16.2. The lowest BCUT2D eigenvalue weighted by Gasteiger charge is -2.30. The minimum absolute atomic E-state index is 0.105. The molecule has 0 radical (unpaired) electrons. The average molecular weight is 209 g/mol. The molecular formula is C9H15N5O. The molecule has 0 saturated carbocycles. The quantitative estimate of drug-likeness (QED) is 0.684. The summed E-state index contributed by atoms with van der Waals surface area (Å²) in [7, 11) is 0. The Morgan fingerprint density at radius 1 is 1.60 bits per heavy atom. The lowest BCUT2D eigenvalue weighted by Crippen LogP contribution is -2.40. The molecule has 0 aliphatic carbocycles. The number of piperidine rings is 1. The molecule has 1 aromatic heterocycles. The van der Waals surface area contributed by atoms with Gasteiger partial charge in [-0.2, -0.15) is 0 Å². The van der Waals surface area contributed by atoms with Gasteiger partial charge in [0.25, 0.3) is 0 Å². The van der Waals surface area contributed by atoms with Gasteiger partial charge in [-0.1, -0.05) is 6.92 Å². The number of likely N-dealkylation sites (tertiary alicyclic amines) is 1. The number of aromatic nitrogens is 4. The van der Waals surface area contributed by atoms with E-state index in [1.54, 1.807) is 0 Å². The lowest BCUT2D eigenvalue weighted by atomic mass is 10.0. The number of hydrogen-bond acceptors (Lipinski definition) is 4. The molecule has 1 atom stereocenters. The molecule has 0 spiro atoms.